The van der Waals surface area contributed by atoms with Gasteiger partial charge in [-0.1, -0.05) is 30.9 Å². The van der Waals surface area contributed by atoms with Gasteiger partial charge in [-0.15, -0.1) is 6.58 Å². The maximum atomic E-state index is 5.12. The summed E-state index contributed by atoms with van der Waals surface area (Å²) in [6.45, 7) is 7.14. The molecule has 1 heteroatoms. The molecule has 0 radical (unpaired) electrons. The zero-order chi connectivity index (χ0) is 6.69. The van der Waals surface area contributed by atoms with E-state index < -0.39 is 0 Å². The molecule has 0 bridgehead atoms. The Labute approximate surface area is 55.3 Å². The van der Waals surface area contributed by atoms with Crippen LogP contribution in [0.3, 0.4) is 0 Å². The van der Waals surface area contributed by atoms with E-state index in [4.69, 9.17) is 4.74 Å². The van der Waals surface area contributed by atoms with Crippen LogP contribution < -0.4 is 0 Å². The second kappa shape index (κ2) is 2.65. The van der Waals surface area contributed by atoms with Crippen LogP contribution in [0.4, 0.5) is 0 Å². The van der Waals surface area contributed by atoms with Crippen molar-refractivity contribution < 1.29 is 4.74 Å². The first kappa shape index (κ1) is 6.30. The van der Waals surface area contributed by atoms with Crippen LogP contribution in [0.2, 0.25) is 0 Å². The van der Waals surface area contributed by atoms with Crippen molar-refractivity contribution in [3.05, 3.63) is 37.5 Å². The predicted molar refractivity (Wildman–Crippen MR) is 38.2 cm³/mol. The average Bonchev–Trinajstić information content (AvgIpc) is 2.62. The molecule has 0 spiro atoms. The lowest BCUT2D eigenvalue weighted by Crippen LogP contribution is -1.81. The Morgan fingerprint density at radius 3 is 2.44 bits per heavy atom. The summed E-state index contributed by atoms with van der Waals surface area (Å²) in [5.74, 6) is 0. The summed E-state index contributed by atoms with van der Waals surface area (Å²) in [6.07, 6.45) is 7.91. The molecule has 0 aliphatic carbocycles. The molecule has 1 fully saturated rings. The Kier molecular flexibility index (Phi) is 1.85. The first-order chi connectivity index (χ1) is 4.38. The molecular weight excluding hydrogens is 112 g/mol. The van der Waals surface area contributed by atoms with Crippen molar-refractivity contribution in [2.75, 3.05) is 0 Å². The second-order valence-electron chi connectivity index (χ2n) is 1.92. The third kappa shape index (κ3) is 1.54. The fourth-order valence-corrected chi connectivity index (χ4v) is 0.669. The van der Waals surface area contributed by atoms with Crippen molar-refractivity contribution in [3.63, 3.8) is 0 Å². The fourth-order valence-electron chi connectivity index (χ4n) is 0.669. The zero-order valence-electron chi connectivity index (χ0n) is 5.29. The van der Waals surface area contributed by atoms with Gasteiger partial charge in [-0.25, -0.2) is 0 Å². The molecule has 1 aliphatic heterocycles. The van der Waals surface area contributed by atoms with Crippen LogP contribution in [-0.4, -0.2) is 12.2 Å². The molecule has 1 nitrogen and oxygen atoms in total. The van der Waals surface area contributed by atoms with E-state index in [9.17, 15) is 0 Å². The van der Waals surface area contributed by atoms with E-state index in [-0.39, 0.29) is 12.2 Å². The van der Waals surface area contributed by atoms with Crippen LogP contribution >= 0.6 is 0 Å². The highest BCUT2D eigenvalue weighted by molar-refractivity contribution is 5.12. The Bertz CT molecular complexity index is 147. The van der Waals surface area contributed by atoms with Crippen LogP contribution in [-0.2, 0) is 4.74 Å². The minimum absolute atomic E-state index is 0.251. The SMILES string of the molecule is C=CC=CC1OC1C=C. The first-order valence-electron chi connectivity index (χ1n) is 2.95. The largest absolute Gasteiger partial charge is 0.361 e. The highest BCUT2D eigenvalue weighted by atomic mass is 16.6. The molecule has 0 saturated carbocycles. The second-order valence-corrected chi connectivity index (χ2v) is 1.92. The molecule has 48 valence electrons. The number of allylic oxidation sites excluding steroid dienone is 2. The molecular formula is C8H10O. The minimum atomic E-state index is 0.251. The van der Waals surface area contributed by atoms with Gasteiger partial charge in [-0.3, -0.25) is 0 Å². The normalized spacial score (nSPS) is 32.4. The van der Waals surface area contributed by atoms with E-state index in [1.165, 1.54) is 0 Å². The highest BCUT2D eigenvalue weighted by Gasteiger charge is 2.32. The van der Waals surface area contributed by atoms with Crippen LogP contribution in [0.25, 0.3) is 0 Å². The average molecular weight is 122 g/mol. The topological polar surface area (TPSA) is 12.5 Å². The van der Waals surface area contributed by atoms with E-state index in [0.717, 1.165) is 0 Å². The summed E-state index contributed by atoms with van der Waals surface area (Å²) in [4.78, 5) is 0. The lowest BCUT2D eigenvalue weighted by molar-refractivity contribution is 0.413. The van der Waals surface area contributed by atoms with Crippen molar-refractivity contribution in [3.8, 4) is 0 Å². The minimum Gasteiger partial charge on any atom is -0.361 e. The van der Waals surface area contributed by atoms with Gasteiger partial charge in [0.25, 0.3) is 0 Å². The fraction of sp³-hybridized carbons (Fsp3) is 0.250. The number of hydrogen-bond acceptors (Lipinski definition) is 1. The monoisotopic (exact) mass is 122 g/mol. The quantitative estimate of drug-likeness (QED) is 0.315. The zero-order valence-corrected chi connectivity index (χ0v) is 5.29. The van der Waals surface area contributed by atoms with Crippen LogP contribution in [0.15, 0.2) is 37.5 Å². The predicted octanol–water partition coefficient (Wildman–Crippen LogP) is 1.68. The lowest BCUT2D eigenvalue weighted by Gasteiger charge is -1.72. The molecule has 1 saturated heterocycles. The van der Waals surface area contributed by atoms with Crippen molar-refractivity contribution in [2.45, 2.75) is 12.2 Å². The summed E-state index contributed by atoms with van der Waals surface area (Å²) in [5.41, 5.74) is 0. The molecule has 0 aromatic heterocycles. The van der Waals surface area contributed by atoms with Crippen molar-refractivity contribution >= 4 is 0 Å². The van der Waals surface area contributed by atoms with Crippen molar-refractivity contribution in [1.82, 2.24) is 0 Å². The summed E-state index contributed by atoms with van der Waals surface area (Å²) in [7, 11) is 0. The highest BCUT2D eigenvalue weighted by Crippen LogP contribution is 2.23. The molecule has 0 aromatic carbocycles. The number of epoxide rings is 1. The van der Waals surface area contributed by atoms with Gasteiger partial charge in [0.1, 0.15) is 12.2 Å². The van der Waals surface area contributed by atoms with Crippen molar-refractivity contribution in [2.24, 2.45) is 0 Å². The van der Waals surface area contributed by atoms with E-state index in [0.29, 0.717) is 0 Å². The van der Waals surface area contributed by atoms with Crippen LogP contribution in [0.1, 0.15) is 0 Å². The summed E-state index contributed by atoms with van der Waals surface area (Å²) in [6, 6.07) is 0. The van der Waals surface area contributed by atoms with Gasteiger partial charge in [0.2, 0.25) is 0 Å². The van der Waals surface area contributed by atoms with Crippen molar-refractivity contribution in [1.29, 1.82) is 0 Å². The molecule has 0 N–H and O–H groups in total. The standard InChI is InChI=1S/C8H10O/c1-3-5-6-8-7(4-2)9-8/h3-8H,1-2H2. The maximum Gasteiger partial charge on any atom is 0.107 e. The molecule has 1 aliphatic rings. The van der Waals surface area contributed by atoms with Gasteiger partial charge >= 0.3 is 0 Å². The lowest BCUT2D eigenvalue weighted by atomic mass is 10.3. The Morgan fingerprint density at radius 1 is 1.22 bits per heavy atom. The maximum absolute atomic E-state index is 5.12. The van der Waals surface area contributed by atoms with Gasteiger partial charge in [-0.2, -0.15) is 0 Å². The van der Waals surface area contributed by atoms with Gasteiger partial charge in [0, 0.05) is 0 Å². The van der Waals surface area contributed by atoms with Gasteiger partial charge in [-0.05, 0) is 0 Å². The number of rotatable bonds is 3. The Balaban J connectivity index is 2.26. The summed E-state index contributed by atoms with van der Waals surface area (Å²) < 4.78 is 5.12. The number of ether oxygens (including phenoxy) is 1. The molecule has 9 heavy (non-hydrogen) atoms. The van der Waals surface area contributed by atoms with E-state index in [2.05, 4.69) is 13.2 Å². The smallest absolute Gasteiger partial charge is 0.107 e. The molecule has 1 rings (SSSR count). The van der Waals surface area contributed by atoms with Gasteiger partial charge < -0.3 is 4.74 Å². The van der Waals surface area contributed by atoms with E-state index in [1.54, 1.807) is 12.2 Å². The van der Waals surface area contributed by atoms with E-state index in [1.807, 2.05) is 12.2 Å². The Morgan fingerprint density at radius 2 is 2.00 bits per heavy atom. The Hall–Kier alpha value is -0.820. The molecule has 0 amide bonds. The molecule has 0 aromatic rings. The van der Waals surface area contributed by atoms with Crippen LogP contribution in [0.5, 0.6) is 0 Å². The van der Waals surface area contributed by atoms with Crippen LogP contribution in [0, 0.1) is 0 Å². The third-order valence-electron chi connectivity index (χ3n) is 1.23. The summed E-state index contributed by atoms with van der Waals surface area (Å²) >= 11 is 0. The third-order valence-corrected chi connectivity index (χ3v) is 1.23. The molecule has 1 heterocycles. The first-order valence-corrected chi connectivity index (χ1v) is 2.95. The van der Waals surface area contributed by atoms with E-state index >= 15 is 0 Å². The molecule has 2 unspecified atom stereocenters. The van der Waals surface area contributed by atoms with Gasteiger partial charge in [0.15, 0.2) is 0 Å². The molecule has 2 atom stereocenters. The number of hydrogen-bond donors (Lipinski definition) is 0. The van der Waals surface area contributed by atoms with Gasteiger partial charge in [0.05, 0.1) is 0 Å². The summed E-state index contributed by atoms with van der Waals surface area (Å²) in [5, 5.41) is 0.